The zero-order valence-electron chi connectivity index (χ0n) is 5.39. The van der Waals surface area contributed by atoms with Gasteiger partial charge in [-0.3, -0.25) is 4.79 Å². The highest BCUT2D eigenvalue weighted by Gasteiger charge is 2.12. The van der Waals surface area contributed by atoms with Crippen LogP contribution in [0.1, 0.15) is 0 Å². The maximum absolute atomic E-state index is 10.6. The number of alkyl halides is 1. The summed E-state index contributed by atoms with van der Waals surface area (Å²) in [7, 11) is 1.39. The summed E-state index contributed by atoms with van der Waals surface area (Å²) in [5, 5.41) is 0. The fourth-order valence-corrected chi connectivity index (χ4v) is 1.75. The van der Waals surface area contributed by atoms with Crippen molar-refractivity contribution in [3.05, 3.63) is 0 Å². The maximum atomic E-state index is 10.6. The van der Waals surface area contributed by atoms with E-state index >= 15 is 0 Å². The monoisotopic (exact) mass is 212 g/mol. The van der Waals surface area contributed by atoms with Crippen LogP contribution in [0.5, 0.6) is 0 Å². The molecule has 0 aromatic heterocycles. The van der Waals surface area contributed by atoms with Crippen LogP contribution < -0.4 is 0 Å². The molecule has 0 fully saturated rings. The van der Waals surface area contributed by atoms with Gasteiger partial charge in [-0.15, -0.1) is 0 Å². The molecule has 0 aliphatic heterocycles. The largest absolute Gasteiger partial charge is 0.468 e. The van der Waals surface area contributed by atoms with Crippen molar-refractivity contribution in [1.29, 1.82) is 0 Å². The zero-order chi connectivity index (χ0) is 7.28. The third-order valence-electron chi connectivity index (χ3n) is 0.770. The van der Waals surface area contributed by atoms with E-state index in [4.69, 9.17) is 0 Å². The SMILES string of the molecule is COC(=O)C(Br)CSC. The number of rotatable bonds is 3. The topological polar surface area (TPSA) is 26.3 Å². The first-order valence-corrected chi connectivity index (χ1v) is 4.74. The molecule has 0 amide bonds. The van der Waals surface area contributed by atoms with E-state index in [9.17, 15) is 4.79 Å². The van der Waals surface area contributed by atoms with Crippen molar-refractivity contribution >= 4 is 33.7 Å². The van der Waals surface area contributed by atoms with E-state index in [1.807, 2.05) is 6.26 Å². The minimum Gasteiger partial charge on any atom is -0.468 e. The number of hydrogen-bond donors (Lipinski definition) is 0. The molecule has 0 radical (unpaired) electrons. The van der Waals surface area contributed by atoms with Crippen molar-refractivity contribution in [1.82, 2.24) is 0 Å². The minimum atomic E-state index is -0.204. The van der Waals surface area contributed by atoms with E-state index in [1.165, 1.54) is 7.11 Å². The maximum Gasteiger partial charge on any atom is 0.320 e. The average molecular weight is 213 g/mol. The molecule has 0 aliphatic rings. The third-order valence-corrected chi connectivity index (χ3v) is 2.56. The van der Waals surface area contributed by atoms with Gasteiger partial charge in [0, 0.05) is 5.75 Å². The summed E-state index contributed by atoms with van der Waals surface area (Å²) >= 11 is 4.77. The molecule has 0 aromatic rings. The average Bonchev–Trinajstić information content (AvgIpc) is 1.87. The molecule has 0 heterocycles. The highest BCUT2D eigenvalue weighted by molar-refractivity contribution is 9.10. The summed E-state index contributed by atoms with van der Waals surface area (Å²) in [6, 6.07) is 0. The molecule has 0 saturated heterocycles. The van der Waals surface area contributed by atoms with Crippen LogP contribution >= 0.6 is 27.7 Å². The Hall–Kier alpha value is 0.300. The summed E-state index contributed by atoms with van der Waals surface area (Å²) in [5.41, 5.74) is 0. The van der Waals surface area contributed by atoms with E-state index in [-0.39, 0.29) is 10.8 Å². The van der Waals surface area contributed by atoms with E-state index in [1.54, 1.807) is 11.8 Å². The Balaban J connectivity index is 3.45. The Morgan fingerprint density at radius 3 is 2.78 bits per heavy atom. The molecular weight excluding hydrogens is 204 g/mol. The molecule has 9 heavy (non-hydrogen) atoms. The molecule has 0 spiro atoms. The first kappa shape index (κ1) is 9.30. The van der Waals surface area contributed by atoms with Gasteiger partial charge < -0.3 is 4.74 Å². The number of esters is 1. The molecule has 4 heteroatoms. The Morgan fingerprint density at radius 2 is 2.44 bits per heavy atom. The highest BCUT2D eigenvalue weighted by Crippen LogP contribution is 2.07. The van der Waals surface area contributed by atoms with Crippen molar-refractivity contribution in [3.8, 4) is 0 Å². The Bertz CT molecular complexity index is 97.0. The molecule has 0 aromatic carbocycles. The van der Waals surface area contributed by atoms with Crippen LogP contribution in [0.2, 0.25) is 0 Å². The number of carbonyl (C=O) groups excluding carboxylic acids is 1. The first-order chi connectivity index (χ1) is 4.22. The van der Waals surface area contributed by atoms with Gasteiger partial charge in [0.1, 0.15) is 4.83 Å². The lowest BCUT2D eigenvalue weighted by Gasteiger charge is -2.03. The van der Waals surface area contributed by atoms with Crippen molar-refractivity contribution in [3.63, 3.8) is 0 Å². The number of hydrogen-bond acceptors (Lipinski definition) is 3. The molecule has 1 unspecified atom stereocenters. The van der Waals surface area contributed by atoms with Gasteiger partial charge in [0.25, 0.3) is 0 Å². The predicted octanol–water partition coefficient (Wildman–Crippen LogP) is 1.29. The van der Waals surface area contributed by atoms with Crippen molar-refractivity contribution < 1.29 is 9.53 Å². The fraction of sp³-hybridized carbons (Fsp3) is 0.800. The van der Waals surface area contributed by atoms with E-state index in [2.05, 4.69) is 20.7 Å². The first-order valence-electron chi connectivity index (χ1n) is 2.43. The molecule has 1 atom stereocenters. The second-order valence-corrected chi connectivity index (χ2v) is 3.46. The number of thioether (sulfide) groups is 1. The van der Waals surface area contributed by atoms with Crippen LogP contribution in [0.15, 0.2) is 0 Å². The van der Waals surface area contributed by atoms with Crippen LogP contribution in [-0.2, 0) is 9.53 Å². The van der Waals surface area contributed by atoms with Crippen molar-refractivity contribution in [2.75, 3.05) is 19.1 Å². The predicted molar refractivity (Wildman–Crippen MR) is 43.1 cm³/mol. The van der Waals surface area contributed by atoms with Gasteiger partial charge in [-0.05, 0) is 6.26 Å². The number of methoxy groups -OCH3 is 1. The summed E-state index contributed by atoms with van der Waals surface area (Å²) in [6.45, 7) is 0. The lowest BCUT2D eigenvalue weighted by molar-refractivity contribution is -0.139. The van der Waals surface area contributed by atoms with Gasteiger partial charge in [0.15, 0.2) is 0 Å². The normalized spacial score (nSPS) is 12.8. The standard InChI is InChI=1S/C5H9BrO2S/c1-8-5(7)4(6)3-9-2/h4H,3H2,1-2H3. The van der Waals surface area contributed by atoms with Gasteiger partial charge in [0.05, 0.1) is 7.11 Å². The summed E-state index contributed by atoms with van der Waals surface area (Å²) in [5.74, 6) is 0.552. The van der Waals surface area contributed by atoms with Crippen molar-refractivity contribution in [2.45, 2.75) is 4.83 Å². The molecular formula is C5H9BrO2S. The van der Waals surface area contributed by atoms with Gasteiger partial charge in [-0.25, -0.2) is 0 Å². The summed E-state index contributed by atoms with van der Waals surface area (Å²) in [4.78, 5) is 10.5. The summed E-state index contributed by atoms with van der Waals surface area (Å²) in [6.07, 6.45) is 1.94. The molecule has 2 nitrogen and oxygen atoms in total. The van der Waals surface area contributed by atoms with Gasteiger partial charge in [0.2, 0.25) is 0 Å². The second-order valence-electron chi connectivity index (χ2n) is 1.45. The molecule has 0 bridgehead atoms. The quantitative estimate of drug-likeness (QED) is 0.522. The Kier molecular flexibility index (Phi) is 5.28. The molecule has 0 rings (SSSR count). The van der Waals surface area contributed by atoms with Crippen LogP contribution in [-0.4, -0.2) is 29.9 Å². The minimum absolute atomic E-state index is 0.155. The van der Waals surface area contributed by atoms with Crippen LogP contribution in [0.25, 0.3) is 0 Å². The van der Waals surface area contributed by atoms with Gasteiger partial charge in [-0.1, -0.05) is 15.9 Å². The van der Waals surface area contributed by atoms with Crippen LogP contribution in [0.3, 0.4) is 0 Å². The highest BCUT2D eigenvalue weighted by atomic mass is 79.9. The molecule has 0 saturated carbocycles. The van der Waals surface area contributed by atoms with E-state index in [0.29, 0.717) is 0 Å². The van der Waals surface area contributed by atoms with E-state index < -0.39 is 0 Å². The van der Waals surface area contributed by atoms with Crippen LogP contribution in [0, 0.1) is 0 Å². The molecule has 0 N–H and O–H groups in total. The number of ether oxygens (including phenoxy) is 1. The number of halogens is 1. The Labute approximate surface area is 67.5 Å². The summed E-state index contributed by atoms with van der Waals surface area (Å²) < 4.78 is 4.47. The third kappa shape index (κ3) is 3.81. The lowest BCUT2D eigenvalue weighted by atomic mass is 10.5. The van der Waals surface area contributed by atoms with Crippen LogP contribution in [0.4, 0.5) is 0 Å². The second kappa shape index (κ2) is 5.11. The molecule has 54 valence electrons. The Morgan fingerprint density at radius 1 is 1.89 bits per heavy atom. The zero-order valence-corrected chi connectivity index (χ0v) is 7.79. The van der Waals surface area contributed by atoms with Crippen molar-refractivity contribution in [2.24, 2.45) is 0 Å². The smallest absolute Gasteiger partial charge is 0.320 e. The van der Waals surface area contributed by atoms with E-state index in [0.717, 1.165) is 5.75 Å². The lowest BCUT2D eigenvalue weighted by Crippen LogP contribution is -2.17. The molecule has 0 aliphatic carbocycles. The fourth-order valence-electron chi connectivity index (χ4n) is 0.342. The van der Waals surface area contributed by atoms with Gasteiger partial charge >= 0.3 is 5.97 Å². The van der Waals surface area contributed by atoms with Gasteiger partial charge in [-0.2, -0.15) is 11.8 Å². The number of carbonyl (C=O) groups is 1.